The molecule has 1 aromatic heterocycles. The third-order valence-corrected chi connectivity index (χ3v) is 4.48. The zero-order valence-electron chi connectivity index (χ0n) is 14.8. The number of carbonyl (C=O) groups excluding carboxylic acids is 1. The summed E-state index contributed by atoms with van der Waals surface area (Å²) in [6.45, 7) is 2.18. The molecule has 1 aliphatic rings. The molecule has 2 heterocycles. The largest absolute Gasteiger partial charge is 0.372 e. The van der Waals surface area contributed by atoms with Gasteiger partial charge in [-0.2, -0.15) is 5.10 Å². The highest BCUT2D eigenvalue weighted by Gasteiger charge is 2.09. The highest BCUT2D eigenvalue weighted by Crippen LogP contribution is 2.19. The summed E-state index contributed by atoms with van der Waals surface area (Å²) >= 11 is 0. The van der Waals surface area contributed by atoms with Gasteiger partial charge >= 0.3 is 0 Å². The van der Waals surface area contributed by atoms with Crippen LogP contribution in [0.5, 0.6) is 0 Å². The van der Waals surface area contributed by atoms with Gasteiger partial charge in [-0.3, -0.25) is 9.59 Å². The highest BCUT2D eigenvalue weighted by molar-refractivity contribution is 5.82. The van der Waals surface area contributed by atoms with Crippen molar-refractivity contribution in [2.45, 2.75) is 32.2 Å². The first-order chi connectivity index (χ1) is 12.7. The summed E-state index contributed by atoms with van der Waals surface area (Å²) in [7, 11) is 0. The molecule has 1 saturated heterocycles. The third-order valence-electron chi connectivity index (χ3n) is 4.48. The Balaban J connectivity index is 1.52. The van der Waals surface area contributed by atoms with E-state index in [4.69, 9.17) is 0 Å². The normalized spacial score (nSPS) is 15.0. The van der Waals surface area contributed by atoms with Gasteiger partial charge in [0.2, 0.25) is 0 Å². The first kappa shape index (κ1) is 17.9. The van der Waals surface area contributed by atoms with Gasteiger partial charge in [0.25, 0.3) is 11.5 Å². The van der Waals surface area contributed by atoms with Gasteiger partial charge < -0.3 is 9.47 Å². The second-order valence-electron chi connectivity index (χ2n) is 6.45. The Morgan fingerprint density at radius 3 is 2.46 bits per heavy atom. The minimum atomic E-state index is -0.337. The molecule has 1 N–H and O–H groups in total. The maximum atomic E-state index is 11.9. The molecule has 1 fully saturated rings. The Labute approximate surface area is 153 Å². The number of nitrogens with zero attached hydrogens (tertiary/aromatic N) is 3. The topological polar surface area (TPSA) is 66.7 Å². The van der Waals surface area contributed by atoms with Gasteiger partial charge in [-0.05, 0) is 36.6 Å². The fourth-order valence-electron chi connectivity index (χ4n) is 3.06. The second kappa shape index (κ2) is 8.99. The number of hydrogen-bond donors (Lipinski definition) is 1. The van der Waals surface area contributed by atoms with Crippen molar-refractivity contribution < 1.29 is 4.79 Å². The molecular formula is C20H24N4O2. The average Bonchev–Trinajstić information content (AvgIpc) is 2.94. The molecule has 1 aliphatic heterocycles. The van der Waals surface area contributed by atoms with Crippen LogP contribution < -0.4 is 15.9 Å². The predicted octanol–water partition coefficient (Wildman–Crippen LogP) is 2.38. The van der Waals surface area contributed by atoms with Gasteiger partial charge in [-0.25, -0.2) is 5.43 Å². The molecule has 3 rings (SSSR count). The smallest absolute Gasteiger partial charge is 0.260 e. The van der Waals surface area contributed by atoms with Crippen molar-refractivity contribution in [2.24, 2.45) is 5.10 Å². The number of aromatic nitrogens is 1. The van der Waals surface area contributed by atoms with E-state index in [2.05, 4.69) is 27.6 Å². The SMILES string of the molecule is O=C(Cn1ccccc1=O)N/N=C\c1ccc(N2CCCCCC2)cc1. The van der Waals surface area contributed by atoms with Crippen LogP contribution in [0.3, 0.4) is 0 Å². The fraction of sp³-hybridized carbons (Fsp3) is 0.350. The van der Waals surface area contributed by atoms with Gasteiger partial charge in [-0.1, -0.05) is 31.0 Å². The first-order valence-electron chi connectivity index (χ1n) is 9.05. The van der Waals surface area contributed by atoms with Crippen LogP contribution in [0.25, 0.3) is 0 Å². The number of carbonyl (C=O) groups is 1. The summed E-state index contributed by atoms with van der Waals surface area (Å²) in [6.07, 6.45) is 8.32. The monoisotopic (exact) mass is 352 g/mol. The van der Waals surface area contributed by atoms with Gasteiger partial charge in [-0.15, -0.1) is 0 Å². The van der Waals surface area contributed by atoms with Gasteiger partial charge in [0.05, 0.1) is 6.21 Å². The van der Waals surface area contributed by atoms with Crippen LogP contribution in [-0.4, -0.2) is 29.8 Å². The van der Waals surface area contributed by atoms with E-state index in [-0.39, 0.29) is 18.0 Å². The number of nitrogens with one attached hydrogen (secondary N) is 1. The number of rotatable bonds is 5. The van der Waals surface area contributed by atoms with E-state index >= 15 is 0 Å². The van der Waals surface area contributed by atoms with Crippen molar-refractivity contribution in [3.8, 4) is 0 Å². The summed E-state index contributed by atoms with van der Waals surface area (Å²) in [5.74, 6) is -0.337. The van der Waals surface area contributed by atoms with Crippen LogP contribution in [0.2, 0.25) is 0 Å². The zero-order valence-corrected chi connectivity index (χ0v) is 14.8. The molecule has 6 nitrogen and oxygen atoms in total. The van der Waals surface area contributed by atoms with Gasteiger partial charge in [0, 0.05) is 31.0 Å². The Morgan fingerprint density at radius 2 is 1.77 bits per heavy atom. The first-order valence-corrected chi connectivity index (χ1v) is 9.05. The number of hydrazone groups is 1. The summed E-state index contributed by atoms with van der Waals surface area (Å²) < 4.78 is 1.33. The van der Waals surface area contributed by atoms with Crippen molar-refractivity contribution in [1.29, 1.82) is 0 Å². The lowest BCUT2D eigenvalue weighted by molar-refractivity contribution is -0.121. The highest BCUT2D eigenvalue weighted by atomic mass is 16.2. The molecule has 0 unspecified atom stereocenters. The average molecular weight is 352 g/mol. The molecule has 0 bridgehead atoms. The summed E-state index contributed by atoms with van der Waals surface area (Å²) in [4.78, 5) is 25.9. The molecule has 0 aliphatic carbocycles. The standard InChI is InChI=1S/C20H24N4O2/c25-19(16-24-14-6-3-7-20(24)26)22-21-15-17-8-10-18(11-9-17)23-12-4-1-2-5-13-23/h3,6-11,14-15H,1-2,4-5,12-13,16H2,(H,22,25)/b21-15-. The van der Waals surface area contributed by atoms with Gasteiger partial charge in [0.15, 0.2) is 0 Å². The Hall–Kier alpha value is -2.89. The lowest BCUT2D eigenvalue weighted by Gasteiger charge is -2.22. The van der Waals surface area contributed by atoms with Crippen LogP contribution in [0.4, 0.5) is 5.69 Å². The van der Waals surface area contributed by atoms with E-state index in [1.165, 1.54) is 42.0 Å². The zero-order chi connectivity index (χ0) is 18.2. The minimum absolute atomic E-state index is 0.0507. The van der Waals surface area contributed by atoms with E-state index in [1.807, 2.05) is 12.1 Å². The second-order valence-corrected chi connectivity index (χ2v) is 6.45. The van der Waals surface area contributed by atoms with Crippen LogP contribution >= 0.6 is 0 Å². The van der Waals surface area contributed by atoms with Crippen molar-refractivity contribution in [2.75, 3.05) is 18.0 Å². The molecule has 0 saturated carbocycles. The van der Waals surface area contributed by atoms with E-state index in [0.29, 0.717) is 0 Å². The fourth-order valence-corrected chi connectivity index (χ4v) is 3.06. The van der Waals surface area contributed by atoms with E-state index in [1.54, 1.807) is 24.5 Å². The van der Waals surface area contributed by atoms with Crippen LogP contribution in [0.1, 0.15) is 31.2 Å². The Bertz CT molecular complexity index is 803. The van der Waals surface area contributed by atoms with Crippen molar-refractivity contribution >= 4 is 17.8 Å². The minimum Gasteiger partial charge on any atom is -0.372 e. The summed E-state index contributed by atoms with van der Waals surface area (Å²) in [5.41, 5.74) is 4.39. The number of benzene rings is 1. The lowest BCUT2D eigenvalue weighted by Crippen LogP contribution is -2.28. The number of hydrogen-bond acceptors (Lipinski definition) is 4. The van der Waals surface area contributed by atoms with Crippen molar-refractivity contribution in [3.05, 3.63) is 64.6 Å². The molecule has 136 valence electrons. The molecule has 6 heteroatoms. The Morgan fingerprint density at radius 1 is 1.04 bits per heavy atom. The van der Waals surface area contributed by atoms with Crippen molar-refractivity contribution in [1.82, 2.24) is 9.99 Å². The molecule has 1 aromatic carbocycles. The quantitative estimate of drug-likeness (QED) is 0.664. The summed E-state index contributed by atoms with van der Waals surface area (Å²) in [5, 5.41) is 3.97. The van der Waals surface area contributed by atoms with Crippen LogP contribution in [0.15, 0.2) is 58.6 Å². The van der Waals surface area contributed by atoms with Crippen molar-refractivity contribution in [3.63, 3.8) is 0 Å². The maximum Gasteiger partial charge on any atom is 0.260 e. The predicted molar refractivity (Wildman–Crippen MR) is 104 cm³/mol. The molecular weight excluding hydrogens is 328 g/mol. The van der Waals surface area contributed by atoms with E-state index < -0.39 is 0 Å². The van der Waals surface area contributed by atoms with Crippen LogP contribution in [-0.2, 0) is 11.3 Å². The third kappa shape index (κ3) is 5.05. The molecule has 0 spiro atoms. The molecule has 1 amide bonds. The number of pyridine rings is 1. The Kier molecular flexibility index (Phi) is 6.19. The molecule has 2 aromatic rings. The van der Waals surface area contributed by atoms with E-state index in [9.17, 15) is 9.59 Å². The number of anilines is 1. The lowest BCUT2D eigenvalue weighted by atomic mass is 10.2. The molecule has 26 heavy (non-hydrogen) atoms. The number of amides is 1. The summed E-state index contributed by atoms with van der Waals surface area (Å²) in [6, 6.07) is 13.0. The van der Waals surface area contributed by atoms with E-state index in [0.717, 1.165) is 18.7 Å². The maximum absolute atomic E-state index is 11.9. The van der Waals surface area contributed by atoms with Crippen LogP contribution in [0, 0.1) is 0 Å². The molecule has 0 radical (unpaired) electrons. The van der Waals surface area contributed by atoms with Gasteiger partial charge in [0.1, 0.15) is 6.54 Å². The molecule has 0 atom stereocenters.